The number of aromatic nitrogens is 2. The van der Waals surface area contributed by atoms with Gasteiger partial charge in [-0.3, -0.25) is 9.69 Å². The summed E-state index contributed by atoms with van der Waals surface area (Å²) in [6, 6.07) is 5.24. The summed E-state index contributed by atoms with van der Waals surface area (Å²) < 4.78 is 40.3. The Balaban J connectivity index is 1.19. The van der Waals surface area contributed by atoms with Gasteiger partial charge in [-0.25, -0.2) is 4.79 Å². The highest BCUT2D eigenvalue weighted by Gasteiger charge is 2.45. The van der Waals surface area contributed by atoms with Crippen molar-refractivity contribution in [2.45, 2.75) is 38.4 Å². The molecule has 2 amide bonds. The van der Waals surface area contributed by atoms with Crippen molar-refractivity contribution < 1.29 is 22.8 Å². The van der Waals surface area contributed by atoms with Crippen LogP contribution in [0.4, 0.5) is 18.0 Å². The molecule has 2 aromatic rings. The molecule has 1 atom stereocenters. The number of carbonyl (C=O) groups excluding carboxylic acids is 2. The number of hydrogen-bond acceptors (Lipinski definition) is 4. The Hall–Kier alpha value is -2.88. The fourth-order valence-corrected chi connectivity index (χ4v) is 5.48. The Labute approximate surface area is 196 Å². The summed E-state index contributed by atoms with van der Waals surface area (Å²) >= 11 is 0. The summed E-state index contributed by atoms with van der Waals surface area (Å²) in [5.74, 6) is -0.0875. The van der Waals surface area contributed by atoms with Gasteiger partial charge in [0.1, 0.15) is 0 Å². The largest absolute Gasteiger partial charge is 0.416 e. The summed E-state index contributed by atoms with van der Waals surface area (Å²) in [6.07, 6.45) is 2.37. The van der Waals surface area contributed by atoms with Gasteiger partial charge in [-0.15, -0.1) is 0 Å². The molecule has 10 heteroatoms. The number of halogens is 3. The minimum atomic E-state index is -4.35. The predicted octanol–water partition coefficient (Wildman–Crippen LogP) is 3.70. The van der Waals surface area contributed by atoms with Crippen LogP contribution in [-0.2, 0) is 12.7 Å². The molecule has 1 aromatic carbocycles. The molecule has 0 radical (unpaired) electrons. The zero-order valence-electron chi connectivity index (χ0n) is 18.9. The minimum Gasteiger partial charge on any atom is -0.339 e. The molecule has 3 saturated heterocycles. The van der Waals surface area contributed by atoms with Gasteiger partial charge < -0.3 is 9.80 Å². The Kier molecular flexibility index (Phi) is 5.87. The van der Waals surface area contributed by atoms with Gasteiger partial charge in [0.15, 0.2) is 0 Å². The van der Waals surface area contributed by atoms with E-state index >= 15 is 0 Å². The molecule has 3 fully saturated rings. The molecule has 0 aliphatic carbocycles. The highest BCUT2D eigenvalue weighted by atomic mass is 19.4. The third kappa shape index (κ3) is 4.55. The van der Waals surface area contributed by atoms with Gasteiger partial charge >= 0.3 is 12.2 Å². The van der Waals surface area contributed by atoms with Crippen LogP contribution in [0, 0.1) is 5.41 Å². The molecule has 5 rings (SSSR count). The van der Waals surface area contributed by atoms with Crippen LogP contribution in [0.1, 0.15) is 47.2 Å². The van der Waals surface area contributed by atoms with Crippen molar-refractivity contribution in [1.82, 2.24) is 24.5 Å². The lowest BCUT2D eigenvalue weighted by atomic mass is 9.86. The molecule has 34 heavy (non-hydrogen) atoms. The fourth-order valence-electron chi connectivity index (χ4n) is 5.48. The van der Waals surface area contributed by atoms with Crippen LogP contribution >= 0.6 is 0 Å². The second-order valence-electron chi connectivity index (χ2n) is 9.79. The van der Waals surface area contributed by atoms with Crippen molar-refractivity contribution in [3.05, 3.63) is 53.3 Å². The number of amides is 2. The van der Waals surface area contributed by atoms with Crippen LogP contribution in [-0.4, -0.2) is 75.7 Å². The number of nitrogens with zero attached hydrogens (tertiary/aromatic N) is 5. The van der Waals surface area contributed by atoms with E-state index in [-0.39, 0.29) is 17.4 Å². The van der Waals surface area contributed by atoms with E-state index in [4.69, 9.17) is 0 Å². The number of hydrogen-bond donors (Lipinski definition) is 0. The molecule has 1 unspecified atom stereocenters. The Morgan fingerprint density at radius 2 is 1.76 bits per heavy atom. The third-order valence-corrected chi connectivity index (χ3v) is 7.31. The van der Waals surface area contributed by atoms with Gasteiger partial charge in [0.05, 0.1) is 17.3 Å². The first-order valence-corrected chi connectivity index (χ1v) is 11.7. The fraction of sp³-hybridized carbons (Fsp3) is 0.542. The van der Waals surface area contributed by atoms with Crippen molar-refractivity contribution in [2.75, 3.05) is 39.3 Å². The van der Waals surface area contributed by atoms with Crippen LogP contribution < -0.4 is 0 Å². The van der Waals surface area contributed by atoms with Gasteiger partial charge in [0.2, 0.25) is 0 Å². The normalized spacial score (nSPS) is 23.4. The maximum Gasteiger partial charge on any atom is 0.416 e. The van der Waals surface area contributed by atoms with E-state index in [0.717, 1.165) is 57.9 Å². The number of benzene rings is 1. The summed E-state index contributed by atoms with van der Waals surface area (Å²) in [6.45, 7) is 4.65. The van der Waals surface area contributed by atoms with Gasteiger partial charge in [-0.2, -0.15) is 23.0 Å². The molecule has 7 nitrogen and oxygen atoms in total. The molecule has 0 N–H and O–H groups in total. The Bertz CT molecular complexity index is 1080. The molecule has 0 bridgehead atoms. The van der Waals surface area contributed by atoms with Crippen molar-refractivity contribution in [3.8, 4) is 0 Å². The van der Waals surface area contributed by atoms with E-state index in [0.29, 0.717) is 30.8 Å². The molecule has 1 aromatic heterocycles. The van der Waals surface area contributed by atoms with E-state index in [9.17, 15) is 22.8 Å². The van der Waals surface area contributed by atoms with E-state index in [1.165, 1.54) is 29.2 Å². The van der Waals surface area contributed by atoms with Crippen LogP contribution in [0.3, 0.4) is 0 Å². The SMILES string of the molecule is O=C(c1cnn(C(=O)N2CCC3(CCN(Cc4cccc(C(F)(F)F)c4)C3)C2)c1)N1CCCC1. The standard InChI is InChI=1S/C24H28F3N5O2/c25-24(26,27)20-5-3-4-18(12-20)14-29-10-6-23(16-29)7-11-31(17-23)22(34)32-15-19(13-28-32)21(33)30-8-1-2-9-30/h3-5,12-13,15H,1-2,6-11,14,16-17H2. The van der Waals surface area contributed by atoms with Gasteiger partial charge in [-0.1, -0.05) is 18.2 Å². The first kappa shape index (κ1) is 22.9. The van der Waals surface area contributed by atoms with Crippen molar-refractivity contribution in [1.29, 1.82) is 0 Å². The van der Waals surface area contributed by atoms with Crippen molar-refractivity contribution in [3.63, 3.8) is 0 Å². The predicted molar refractivity (Wildman–Crippen MR) is 118 cm³/mol. The topological polar surface area (TPSA) is 61.7 Å². The summed E-state index contributed by atoms with van der Waals surface area (Å²) in [5, 5.41) is 4.14. The summed E-state index contributed by atoms with van der Waals surface area (Å²) in [4.78, 5) is 31.3. The van der Waals surface area contributed by atoms with Gasteiger partial charge in [-0.05, 0) is 43.9 Å². The summed E-state index contributed by atoms with van der Waals surface area (Å²) in [7, 11) is 0. The van der Waals surface area contributed by atoms with Crippen LogP contribution in [0.25, 0.3) is 0 Å². The number of likely N-dealkylation sites (tertiary alicyclic amines) is 3. The molecule has 4 heterocycles. The minimum absolute atomic E-state index is 0.0569. The number of alkyl halides is 3. The van der Waals surface area contributed by atoms with E-state index < -0.39 is 11.7 Å². The lowest BCUT2D eigenvalue weighted by molar-refractivity contribution is -0.137. The lowest BCUT2D eigenvalue weighted by Gasteiger charge is -2.25. The zero-order chi connectivity index (χ0) is 23.9. The summed E-state index contributed by atoms with van der Waals surface area (Å²) in [5.41, 5.74) is 0.388. The molecule has 1 spiro atoms. The quantitative estimate of drug-likeness (QED) is 0.679. The van der Waals surface area contributed by atoms with Crippen molar-refractivity contribution >= 4 is 11.9 Å². The van der Waals surface area contributed by atoms with E-state index in [1.807, 2.05) is 0 Å². The van der Waals surface area contributed by atoms with Gasteiger partial charge in [0.25, 0.3) is 5.91 Å². The average Bonchev–Trinajstić information content (AvgIpc) is 3.61. The van der Waals surface area contributed by atoms with Crippen LogP contribution in [0.15, 0.2) is 36.7 Å². The smallest absolute Gasteiger partial charge is 0.339 e. The van der Waals surface area contributed by atoms with E-state index in [1.54, 1.807) is 15.9 Å². The second kappa shape index (κ2) is 8.72. The maximum atomic E-state index is 13.0. The van der Waals surface area contributed by atoms with Crippen molar-refractivity contribution in [2.24, 2.45) is 5.41 Å². The third-order valence-electron chi connectivity index (χ3n) is 7.31. The molecule has 0 saturated carbocycles. The zero-order valence-corrected chi connectivity index (χ0v) is 18.9. The first-order valence-electron chi connectivity index (χ1n) is 11.7. The average molecular weight is 476 g/mol. The highest BCUT2D eigenvalue weighted by molar-refractivity contribution is 5.94. The molecule has 182 valence electrons. The number of rotatable bonds is 3. The Morgan fingerprint density at radius 3 is 2.53 bits per heavy atom. The highest BCUT2D eigenvalue weighted by Crippen LogP contribution is 2.40. The molecule has 3 aliphatic heterocycles. The van der Waals surface area contributed by atoms with Crippen LogP contribution in [0.5, 0.6) is 0 Å². The monoisotopic (exact) mass is 475 g/mol. The van der Waals surface area contributed by atoms with Crippen LogP contribution in [0.2, 0.25) is 0 Å². The first-order chi connectivity index (χ1) is 16.2. The van der Waals surface area contributed by atoms with Gasteiger partial charge in [0, 0.05) is 50.9 Å². The molecule has 3 aliphatic rings. The molecular formula is C24H28F3N5O2. The Morgan fingerprint density at radius 1 is 1.00 bits per heavy atom. The second-order valence-corrected chi connectivity index (χ2v) is 9.79. The van der Waals surface area contributed by atoms with E-state index in [2.05, 4.69) is 10.00 Å². The lowest BCUT2D eigenvalue weighted by Crippen LogP contribution is -2.36. The number of carbonyl (C=O) groups is 2. The molecular weight excluding hydrogens is 447 g/mol. The maximum absolute atomic E-state index is 13.0.